The number of alkyl halides is 3. The number of hydrogen-bond donors (Lipinski definition) is 3. The van der Waals surface area contributed by atoms with Crippen LogP contribution >= 0.6 is 27.7 Å². The second kappa shape index (κ2) is 8.34. The first kappa shape index (κ1) is 19.2. The van der Waals surface area contributed by atoms with E-state index in [1.807, 2.05) is 6.07 Å². The summed E-state index contributed by atoms with van der Waals surface area (Å²) in [6.07, 6.45) is -4.67. The number of aromatic amines is 1. The lowest BCUT2D eigenvalue weighted by molar-refractivity contribution is -0.144. The van der Waals surface area contributed by atoms with Crippen LogP contribution in [0.25, 0.3) is 0 Å². The number of aromatic nitrogens is 3. The molecule has 0 fully saturated rings. The van der Waals surface area contributed by atoms with Gasteiger partial charge in [0.1, 0.15) is 0 Å². The lowest BCUT2D eigenvalue weighted by Gasteiger charge is -2.05. The van der Waals surface area contributed by atoms with E-state index in [0.29, 0.717) is 5.69 Å². The number of nitrogens with one attached hydrogen (secondary N) is 3. The molecule has 2 amide bonds. The summed E-state index contributed by atoms with van der Waals surface area (Å²) >= 11 is 4.28. The van der Waals surface area contributed by atoms with Gasteiger partial charge >= 0.3 is 6.18 Å². The van der Waals surface area contributed by atoms with Crippen molar-refractivity contribution in [3.63, 3.8) is 0 Å². The third-order valence-electron chi connectivity index (χ3n) is 2.58. The molecule has 0 aliphatic rings. The molecule has 1 heterocycles. The van der Waals surface area contributed by atoms with E-state index >= 15 is 0 Å². The predicted molar refractivity (Wildman–Crippen MR) is 90.1 cm³/mol. The van der Waals surface area contributed by atoms with Gasteiger partial charge in [-0.05, 0) is 18.2 Å². The van der Waals surface area contributed by atoms with Crippen molar-refractivity contribution in [1.29, 1.82) is 0 Å². The summed E-state index contributed by atoms with van der Waals surface area (Å²) in [4.78, 5) is 26.5. The summed E-state index contributed by atoms with van der Waals surface area (Å²) in [6, 6.07) is 6.99. The summed E-state index contributed by atoms with van der Waals surface area (Å²) in [5.41, 5.74) is 0.602. The molecule has 25 heavy (non-hydrogen) atoms. The quantitative estimate of drug-likeness (QED) is 0.644. The fourth-order valence-corrected chi connectivity index (χ4v) is 2.62. The zero-order chi connectivity index (χ0) is 18.4. The maximum atomic E-state index is 12.3. The van der Waals surface area contributed by atoms with Crippen molar-refractivity contribution in [2.75, 3.05) is 22.1 Å². The van der Waals surface area contributed by atoms with Gasteiger partial charge in [0.15, 0.2) is 0 Å². The Hall–Kier alpha value is -2.08. The van der Waals surface area contributed by atoms with Crippen molar-refractivity contribution in [2.45, 2.75) is 6.18 Å². The Kier molecular flexibility index (Phi) is 6.42. The number of rotatable bonds is 6. The minimum absolute atomic E-state index is 0.00171. The van der Waals surface area contributed by atoms with E-state index in [2.05, 4.69) is 36.6 Å². The highest BCUT2D eigenvalue weighted by atomic mass is 79.9. The van der Waals surface area contributed by atoms with Crippen molar-refractivity contribution in [3.05, 3.63) is 34.6 Å². The van der Waals surface area contributed by atoms with E-state index in [-0.39, 0.29) is 17.4 Å². The standard InChI is InChI=1S/C13H11BrF3N5O2S/c14-7-2-1-3-8(4-7)18-9(23)5-25-6-10(24)19-12-20-11(21-22-12)13(15,16)17/h1-4H,5-6H2,(H,18,23)(H2,19,20,21,22,24). The molecule has 0 saturated heterocycles. The van der Waals surface area contributed by atoms with Crippen LogP contribution in [0, 0.1) is 0 Å². The largest absolute Gasteiger partial charge is 0.451 e. The first-order chi connectivity index (χ1) is 11.7. The molecule has 0 bridgehead atoms. The first-order valence-electron chi connectivity index (χ1n) is 6.66. The van der Waals surface area contributed by atoms with Crippen LogP contribution in [-0.2, 0) is 15.8 Å². The number of carbonyl (C=O) groups excluding carboxylic acids is 2. The van der Waals surface area contributed by atoms with Gasteiger partial charge in [0.25, 0.3) is 0 Å². The van der Waals surface area contributed by atoms with Crippen LogP contribution in [-0.4, -0.2) is 38.5 Å². The SMILES string of the molecule is O=C(CSCC(=O)Nc1n[nH]c(C(F)(F)F)n1)Nc1cccc(Br)c1. The molecule has 1 aromatic heterocycles. The molecule has 2 aromatic rings. The van der Waals surface area contributed by atoms with Crippen LogP contribution in [0.4, 0.5) is 24.8 Å². The maximum Gasteiger partial charge on any atom is 0.451 e. The van der Waals surface area contributed by atoms with E-state index < -0.39 is 23.9 Å². The Bertz CT molecular complexity index is 768. The minimum atomic E-state index is -4.67. The number of H-pyrrole nitrogens is 1. The normalized spacial score (nSPS) is 11.2. The molecule has 1 aromatic carbocycles. The lowest BCUT2D eigenvalue weighted by Crippen LogP contribution is -2.19. The predicted octanol–water partition coefficient (Wildman–Crippen LogP) is 2.90. The topological polar surface area (TPSA) is 99.8 Å². The minimum Gasteiger partial charge on any atom is -0.325 e. The number of hydrogen-bond acceptors (Lipinski definition) is 5. The average Bonchev–Trinajstić information content (AvgIpc) is 2.95. The average molecular weight is 438 g/mol. The molecule has 2 rings (SSSR count). The van der Waals surface area contributed by atoms with E-state index in [1.54, 1.807) is 23.3 Å². The summed E-state index contributed by atoms with van der Waals surface area (Å²) in [7, 11) is 0. The van der Waals surface area contributed by atoms with Gasteiger partial charge < -0.3 is 5.32 Å². The van der Waals surface area contributed by atoms with Crippen LogP contribution in [0.15, 0.2) is 28.7 Å². The van der Waals surface area contributed by atoms with E-state index in [9.17, 15) is 22.8 Å². The fraction of sp³-hybridized carbons (Fsp3) is 0.231. The molecule has 0 aliphatic heterocycles. The van der Waals surface area contributed by atoms with Gasteiger partial charge in [-0.1, -0.05) is 22.0 Å². The Morgan fingerprint density at radius 1 is 1.20 bits per heavy atom. The molecule has 0 saturated carbocycles. The van der Waals surface area contributed by atoms with Gasteiger partial charge in [-0.3, -0.25) is 20.0 Å². The molecular weight excluding hydrogens is 427 g/mol. The molecular formula is C13H11BrF3N5O2S. The van der Waals surface area contributed by atoms with Crippen LogP contribution in [0.2, 0.25) is 0 Å². The van der Waals surface area contributed by atoms with Crippen molar-refractivity contribution in [3.8, 4) is 0 Å². The molecule has 0 atom stereocenters. The van der Waals surface area contributed by atoms with Crippen LogP contribution in [0.1, 0.15) is 5.82 Å². The fourth-order valence-electron chi connectivity index (χ4n) is 1.60. The molecule has 3 N–H and O–H groups in total. The maximum absolute atomic E-state index is 12.3. The molecule has 7 nitrogen and oxygen atoms in total. The Morgan fingerprint density at radius 2 is 1.88 bits per heavy atom. The number of benzene rings is 1. The number of anilines is 2. The van der Waals surface area contributed by atoms with E-state index in [1.165, 1.54) is 0 Å². The lowest BCUT2D eigenvalue weighted by atomic mass is 10.3. The van der Waals surface area contributed by atoms with Gasteiger partial charge in [0, 0.05) is 10.2 Å². The van der Waals surface area contributed by atoms with Crippen LogP contribution in [0.5, 0.6) is 0 Å². The van der Waals surface area contributed by atoms with Gasteiger partial charge in [-0.15, -0.1) is 16.9 Å². The van der Waals surface area contributed by atoms with Crippen molar-refractivity contribution in [1.82, 2.24) is 15.2 Å². The van der Waals surface area contributed by atoms with Crippen molar-refractivity contribution >= 4 is 51.1 Å². The second-order valence-electron chi connectivity index (χ2n) is 4.60. The van der Waals surface area contributed by atoms with Crippen molar-refractivity contribution < 1.29 is 22.8 Å². The van der Waals surface area contributed by atoms with Gasteiger partial charge in [0.2, 0.25) is 23.6 Å². The number of amides is 2. The third kappa shape index (κ3) is 6.38. The molecule has 0 spiro atoms. The second-order valence-corrected chi connectivity index (χ2v) is 6.51. The smallest absolute Gasteiger partial charge is 0.325 e. The molecule has 0 radical (unpaired) electrons. The highest BCUT2D eigenvalue weighted by molar-refractivity contribution is 9.10. The Balaban J connectivity index is 1.73. The van der Waals surface area contributed by atoms with E-state index in [0.717, 1.165) is 16.2 Å². The zero-order valence-electron chi connectivity index (χ0n) is 12.4. The summed E-state index contributed by atoms with van der Waals surface area (Å²) in [5.74, 6) is -2.84. The summed E-state index contributed by atoms with van der Waals surface area (Å²) in [6.45, 7) is 0. The highest BCUT2D eigenvalue weighted by Crippen LogP contribution is 2.26. The Morgan fingerprint density at radius 3 is 2.48 bits per heavy atom. The number of halogens is 4. The third-order valence-corrected chi connectivity index (χ3v) is 4.01. The summed E-state index contributed by atoms with van der Waals surface area (Å²) < 4.78 is 37.8. The monoisotopic (exact) mass is 437 g/mol. The van der Waals surface area contributed by atoms with Gasteiger partial charge in [0.05, 0.1) is 11.5 Å². The highest BCUT2D eigenvalue weighted by Gasteiger charge is 2.35. The molecule has 0 aliphatic carbocycles. The van der Waals surface area contributed by atoms with Crippen molar-refractivity contribution in [2.24, 2.45) is 0 Å². The Labute approximate surface area is 152 Å². The number of nitrogens with zero attached hydrogens (tertiary/aromatic N) is 2. The number of thioether (sulfide) groups is 1. The van der Waals surface area contributed by atoms with Gasteiger partial charge in [-0.2, -0.15) is 18.2 Å². The molecule has 0 unspecified atom stereocenters. The van der Waals surface area contributed by atoms with Crippen LogP contribution < -0.4 is 10.6 Å². The zero-order valence-corrected chi connectivity index (χ0v) is 14.8. The van der Waals surface area contributed by atoms with Gasteiger partial charge in [-0.25, -0.2) is 0 Å². The first-order valence-corrected chi connectivity index (χ1v) is 8.61. The van der Waals surface area contributed by atoms with E-state index in [4.69, 9.17) is 0 Å². The number of carbonyl (C=O) groups is 2. The molecule has 134 valence electrons. The van der Waals surface area contributed by atoms with Crippen LogP contribution in [0.3, 0.4) is 0 Å². The summed E-state index contributed by atoms with van der Waals surface area (Å²) in [5, 5.41) is 9.69. The molecule has 12 heteroatoms.